The molecule has 0 saturated heterocycles. The monoisotopic (exact) mass is 309 g/mol. The van der Waals surface area contributed by atoms with Gasteiger partial charge in [-0.05, 0) is 43.4 Å². The predicted molar refractivity (Wildman–Crippen MR) is 93.2 cm³/mol. The number of nitrogens with zero attached hydrogens (tertiary/aromatic N) is 2. The van der Waals surface area contributed by atoms with Crippen molar-refractivity contribution in [1.82, 2.24) is 4.98 Å². The van der Waals surface area contributed by atoms with Gasteiger partial charge in [-0.2, -0.15) is 0 Å². The Morgan fingerprint density at radius 3 is 2.52 bits per heavy atom. The molecule has 3 nitrogen and oxygen atoms in total. The molecule has 120 valence electrons. The Morgan fingerprint density at radius 1 is 1.38 bits per heavy atom. The van der Waals surface area contributed by atoms with Crippen molar-refractivity contribution in [1.29, 1.82) is 0 Å². The van der Waals surface area contributed by atoms with Crippen molar-refractivity contribution in [2.45, 2.75) is 78.3 Å². The lowest BCUT2D eigenvalue weighted by Crippen LogP contribution is -2.37. The number of hydrogen-bond acceptors (Lipinski definition) is 4. The molecule has 1 fully saturated rings. The number of rotatable bonds is 5. The summed E-state index contributed by atoms with van der Waals surface area (Å²) in [6.07, 6.45) is 6.31. The molecule has 0 aliphatic heterocycles. The smallest absolute Gasteiger partial charge is 0.185 e. The highest BCUT2D eigenvalue weighted by atomic mass is 32.1. The highest BCUT2D eigenvalue weighted by Gasteiger charge is 2.30. The largest absolute Gasteiger partial charge is 0.348 e. The van der Waals surface area contributed by atoms with E-state index in [0.29, 0.717) is 23.9 Å². The Labute approximate surface area is 133 Å². The summed E-state index contributed by atoms with van der Waals surface area (Å²) in [4.78, 5) is 8.60. The maximum Gasteiger partial charge on any atom is 0.185 e. The Bertz CT molecular complexity index is 457. The van der Waals surface area contributed by atoms with Crippen LogP contribution in [0.1, 0.15) is 76.3 Å². The molecular formula is C17H31N3S. The van der Waals surface area contributed by atoms with Crippen molar-refractivity contribution in [2.75, 3.05) is 11.9 Å². The Morgan fingerprint density at radius 2 is 2.00 bits per heavy atom. The summed E-state index contributed by atoms with van der Waals surface area (Å²) in [5.74, 6) is 0.507. The van der Waals surface area contributed by atoms with E-state index in [2.05, 4.69) is 39.6 Å². The minimum absolute atomic E-state index is 0.507. The lowest BCUT2D eigenvalue weighted by Gasteiger charge is -2.38. The lowest BCUT2D eigenvalue weighted by molar-refractivity contribution is 0.222. The zero-order chi connectivity index (χ0) is 15.6. The SMILES string of the molecule is CCC(C)c1nc(N(C)C2CCC(C)(C)CC2)sc1CN. The van der Waals surface area contributed by atoms with Gasteiger partial charge >= 0.3 is 0 Å². The first-order chi connectivity index (χ1) is 9.88. The van der Waals surface area contributed by atoms with E-state index in [1.165, 1.54) is 36.3 Å². The molecule has 1 aromatic rings. The van der Waals surface area contributed by atoms with Crippen LogP contribution in [0.15, 0.2) is 0 Å². The number of aromatic nitrogens is 1. The van der Waals surface area contributed by atoms with Crippen molar-refractivity contribution < 1.29 is 0 Å². The average molecular weight is 310 g/mol. The third-order valence-corrected chi connectivity index (χ3v) is 6.32. The van der Waals surface area contributed by atoms with Gasteiger partial charge in [0.2, 0.25) is 0 Å². The van der Waals surface area contributed by atoms with Gasteiger partial charge in [0, 0.05) is 24.5 Å². The summed E-state index contributed by atoms with van der Waals surface area (Å²) in [6.45, 7) is 9.86. The van der Waals surface area contributed by atoms with Crippen LogP contribution in [0.3, 0.4) is 0 Å². The van der Waals surface area contributed by atoms with Crippen LogP contribution in [0.25, 0.3) is 0 Å². The van der Waals surface area contributed by atoms with Gasteiger partial charge < -0.3 is 10.6 Å². The van der Waals surface area contributed by atoms with E-state index in [-0.39, 0.29) is 0 Å². The Balaban J connectivity index is 2.12. The first-order valence-electron chi connectivity index (χ1n) is 8.30. The fraction of sp³-hybridized carbons (Fsp3) is 0.824. The van der Waals surface area contributed by atoms with E-state index in [1.807, 2.05) is 0 Å². The second kappa shape index (κ2) is 6.66. The van der Waals surface area contributed by atoms with Crippen LogP contribution in [0, 0.1) is 5.41 Å². The van der Waals surface area contributed by atoms with Crippen LogP contribution < -0.4 is 10.6 Å². The number of nitrogens with two attached hydrogens (primary N) is 1. The zero-order valence-electron chi connectivity index (χ0n) is 14.3. The number of thiazole rings is 1. The molecule has 2 N–H and O–H groups in total. The van der Waals surface area contributed by atoms with Gasteiger partial charge in [0.15, 0.2) is 5.13 Å². The summed E-state index contributed by atoms with van der Waals surface area (Å²) < 4.78 is 0. The average Bonchev–Trinajstić information content (AvgIpc) is 2.90. The standard InChI is InChI=1S/C17H31N3S/c1-6-12(2)15-14(11-18)21-16(19-15)20(5)13-7-9-17(3,4)10-8-13/h12-13H,6-11,18H2,1-5H3. The third kappa shape index (κ3) is 3.78. The normalized spacial score (nSPS) is 20.5. The van der Waals surface area contributed by atoms with Crippen molar-refractivity contribution in [3.8, 4) is 0 Å². The molecule has 1 aliphatic rings. The first kappa shape index (κ1) is 16.8. The van der Waals surface area contributed by atoms with Crippen LogP contribution >= 0.6 is 11.3 Å². The van der Waals surface area contributed by atoms with Crippen molar-refractivity contribution >= 4 is 16.5 Å². The summed E-state index contributed by atoms with van der Waals surface area (Å²) in [6, 6.07) is 0.639. The minimum atomic E-state index is 0.507. The molecule has 1 aromatic heterocycles. The molecule has 1 unspecified atom stereocenters. The van der Waals surface area contributed by atoms with Gasteiger partial charge in [0.05, 0.1) is 5.69 Å². The molecule has 21 heavy (non-hydrogen) atoms. The third-order valence-electron chi connectivity index (χ3n) is 5.14. The van der Waals surface area contributed by atoms with Crippen LogP contribution in [0.4, 0.5) is 5.13 Å². The zero-order valence-corrected chi connectivity index (χ0v) is 15.1. The molecule has 1 aliphatic carbocycles. The fourth-order valence-corrected chi connectivity index (χ4v) is 4.25. The van der Waals surface area contributed by atoms with Crippen molar-refractivity contribution in [3.05, 3.63) is 10.6 Å². The summed E-state index contributed by atoms with van der Waals surface area (Å²) >= 11 is 1.79. The topological polar surface area (TPSA) is 42.2 Å². The molecule has 1 heterocycles. The molecule has 0 amide bonds. The molecule has 0 spiro atoms. The van der Waals surface area contributed by atoms with Crippen molar-refractivity contribution in [2.24, 2.45) is 11.1 Å². The van der Waals surface area contributed by atoms with Crippen LogP contribution in [-0.4, -0.2) is 18.1 Å². The van der Waals surface area contributed by atoms with E-state index in [0.717, 1.165) is 11.6 Å². The summed E-state index contributed by atoms with van der Waals surface area (Å²) in [5.41, 5.74) is 7.67. The predicted octanol–water partition coefficient (Wildman–Crippen LogP) is 4.52. The van der Waals surface area contributed by atoms with Gasteiger partial charge in [0.25, 0.3) is 0 Å². The molecule has 2 rings (SSSR count). The van der Waals surface area contributed by atoms with Gasteiger partial charge in [-0.25, -0.2) is 4.98 Å². The maximum absolute atomic E-state index is 5.92. The van der Waals surface area contributed by atoms with E-state index in [4.69, 9.17) is 10.7 Å². The van der Waals surface area contributed by atoms with Crippen molar-refractivity contribution in [3.63, 3.8) is 0 Å². The molecule has 0 aromatic carbocycles. The Hall–Kier alpha value is -0.610. The molecule has 0 radical (unpaired) electrons. The second-order valence-electron chi connectivity index (χ2n) is 7.32. The van der Waals surface area contributed by atoms with Gasteiger partial charge in [-0.3, -0.25) is 0 Å². The van der Waals surface area contributed by atoms with Crippen LogP contribution in [-0.2, 0) is 6.54 Å². The van der Waals surface area contributed by atoms with Gasteiger partial charge in [-0.1, -0.05) is 27.7 Å². The maximum atomic E-state index is 5.92. The van der Waals surface area contributed by atoms with E-state index in [1.54, 1.807) is 11.3 Å². The molecule has 4 heteroatoms. The Kier molecular flexibility index (Phi) is 5.31. The highest BCUT2D eigenvalue weighted by Crippen LogP contribution is 2.39. The number of hydrogen-bond donors (Lipinski definition) is 1. The fourth-order valence-electron chi connectivity index (χ4n) is 3.15. The molecule has 1 saturated carbocycles. The van der Waals surface area contributed by atoms with Gasteiger partial charge in [-0.15, -0.1) is 11.3 Å². The summed E-state index contributed by atoms with van der Waals surface area (Å²) in [5, 5.41) is 1.16. The highest BCUT2D eigenvalue weighted by molar-refractivity contribution is 7.15. The van der Waals surface area contributed by atoms with E-state index < -0.39 is 0 Å². The molecule has 0 bridgehead atoms. The van der Waals surface area contributed by atoms with Crippen LogP contribution in [0.5, 0.6) is 0 Å². The molecule has 1 atom stereocenters. The molecular weight excluding hydrogens is 278 g/mol. The quantitative estimate of drug-likeness (QED) is 0.869. The number of anilines is 1. The summed E-state index contributed by atoms with van der Waals surface area (Å²) in [7, 11) is 2.21. The van der Waals surface area contributed by atoms with Gasteiger partial charge in [0.1, 0.15) is 0 Å². The van der Waals surface area contributed by atoms with E-state index in [9.17, 15) is 0 Å². The lowest BCUT2D eigenvalue weighted by atomic mass is 9.75. The minimum Gasteiger partial charge on any atom is -0.348 e. The first-order valence-corrected chi connectivity index (χ1v) is 9.12. The van der Waals surface area contributed by atoms with Crippen LogP contribution in [0.2, 0.25) is 0 Å². The van der Waals surface area contributed by atoms with E-state index >= 15 is 0 Å². The second-order valence-corrected chi connectivity index (χ2v) is 8.39.